The fourth-order valence-electron chi connectivity index (χ4n) is 2.72. The van der Waals surface area contributed by atoms with Crippen LogP contribution < -0.4 is 4.18 Å². The Kier molecular flexibility index (Phi) is 4.63. The molecule has 8 heteroatoms. The van der Waals surface area contributed by atoms with Crippen molar-refractivity contribution < 1.29 is 25.8 Å². The molecule has 0 aliphatic rings. The smallest absolute Gasteiger partial charge is 0.376 e. The van der Waals surface area contributed by atoms with Crippen LogP contribution >= 0.6 is 0 Å². The van der Waals surface area contributed by atoms with Crippen LogP contribution in [-0.4, -0.2) is 18.9 Å². The average molecular weight is 395 g/mol. The van der Waals surface area contributed by atoms with Gasteiger partial charge >= 0.3 is 15.6 Å². The van der Waals surface area contributed by atoms with Gasteiger partial charge in [0.2, 0.25) is 0 Å². The highest BCUT2D eigenvalue weighted by atomic mass is 32.2. The van der Waals surface area contributed by atoms with Crippen molar-refractivity contribution >= 4 is 20.9 Å². The van der Waals surface area contributed by atoms with Gasteiger partial charge in [-0.3, -0.25) is 4.98 Å². The van der Waals surface area contributed by atoms with E-state index in [4.69, 9.17) is 0 Å². The predicted octanol–water partition coefficient (Wildman–Crippen LogP) is 5.06. The van der Waals surface area contributed by atoms with Crippen LogP contribution in [0.3, 0.4) is 0 Å². The standard InChI is InChI=1S/C19H16F3NO3S/c1-11-7-15-10-18(23-13(3)17(15)8-12(11)2)14-5-4-6-16(9-14)26-27(24,25)19(20,21)22/h4-10H,1-3H3. The summed E-state index contributed by atoms with van der Waals surface area (Å²) in [5, 5.41) is 1.92. The summed E-state index contributed by atoms with van der Waals surface area (Å²) in [6, 6.07) is 11.3. The van der Waals surface area contributed by atoms with Crippen molar-refractivity contribution in [2.45, 2.75) is 26.3 Å². The molecule has 0 atom stereocenters. The van der Waals surface area contributed by atoms with E-state index in [0.29, 0.717) is 11.3 Å². The molecule has 2 aromatic carbocycles. The van der Waals surface area contributed by atoms with Gasteiger partial charge in [0.1, 0.15) is 5.75 Å². The lowest BCUT2D eigenvalue weighted by atomic mass is 10.00. The Morgan fingerprint density at radius 3 is 2.30 bits per heavy atom. The molecule has 1 heterocycles. The molecule has 0 amide bonds. The molecule has 0 unspecified atom stereocenters. The fourth-order valence-corrected chi connectivity index (χ4v) is 3.17. The lowest BCUT2D eigenvalue weighted by Crippen LogP contribution is -2.28. The largest absolute Gasteiger partial charge is 0.534 e. The summed E-state index contributed by atoms with van der Waals surface area (Å²) in [5.74, 6) is -0.426. The molecule has 0 radical (unpaired) electrons. The molecule has 0 fully saturated rings. The van der Waals surface area contributed by atoms with Crippen LogP contribution in [0.5, 0.6) is 5.75 Å². The maximum Gasteiger partial charge on any atom is 0.534 e. The first-order chi connectivity index (χ1) is 12.5. The van der Waals surface area contributed by atoms with E-state index in [1.54, 1.807) is 6.07 Å². The third-order valence-electron chi connectivity index (χ3n) is 4.26. The molecule has 0 N–H and O–H groups in total. The highest BCUT2D eigenvalue weighted by Gasteiger charge is 2.48. The van der Waals surface area contributed by atoms with E-state index in [9.17, 15) is 21.6 Å². The molecule has 0 bridgehead atoms. The van der Waals surface area contributed by atoms with Crippen molar-refractivity contribution in [3.8, 4) is 17.0 Å². The summed E-state index contributed by atoms with van der Waals surface area (Å²) in [6.07, 6.45) is 0. The summed E-state index contributed by atoms with van der Waals surface area (Å²) in [6.45, 7) is 5.83. The first kappa shape index (κ1) is 19.2. The monoisotopic (exact) mass is 395 g/mol. The Labute approximate surface area is 154 Å². The number of hydrogen-bond acceptors (Lipinski definition) is 4. The third-order valence-corrected chi connectivity index (χ3v) is 5.23. The molecular weight excluding hydrogens is 379 g/mol. The molecule has 0 spiro atoms. The number of fused-ring (bicyclic) bond motifs is 1. The SMILES string of the molecule is Cc1cc2cc(-c3cccc(OS(=O)(=O)C(F)(F)F)c3)nc(C)c2cc1C. The average Bonchev–Trinajstić information content (AvgIpc) is 2.55. The minimum Gasteiger partial charge on any atom is -0.376 e. The Morgan fingerprint density at radius 1 is 0.963 bits per heavy atom. The molecular formula is C19H16F3NO3S. The number of aromatic nitrogens is 1. The number of rotatable bonds is 3. The first-order valence-corrected chi connectivity index (χ1v) is 9.38. The van der Waals surface area contributed by atoms with Gasteiger partial charge in [-0.2, -0.15) is 21.6 Å². The summed E-state index contributed by atoms with van der Waals surface area (Å²) in [5.41, 5.74) is -1.53. The van der Waals surface area contributed by atoms with Gasteiger partial charge in [-0.1, -0.05) is 18.2 Å². The number of halogens is 3. The van der Waals surface area contributed by atoms with E-state index in [-0.39, 0.29) is 0 Å². The van der Waals surface area contributed by atoms with Gasteiger partial charge in [0, 0.05) is 16.6 Å². The number of hydrogen-bond donors (Lipinski definition) is 0. The van der Waals surface area contributed by atoms with Gasteiger partial charge in [0.25, 0.3) is 0 Å². The molecule has 0 aliphatic heterocycles. The third kappa shape index (κ3) is 3.75. The van der Waals surface area contributed by atoms with Crippen LogP contribution in [0.25, 0.3) is 22.0 Å². The van der Waals surface area contributed by atoms with Crippen LogP contribution in [0.1, 0.15) is 16.8 Å². The van der Waals surface area contributed by atoms with Crippen molar-refractivity contribution in [2.24, 2.45) is 0 Å². The van der Waals surface area contributed by atoms with Crippen LogP contribution in [0, 0.1) is 20.8 Å². The minimum atomic E-state index is -5.72. The maximum absolute atomic E-state index is 12.5. The van der Waals surface area contributed by atoms with E-state index in [1.807, 2.05) is 39.0 Å². The zero-order chi connectivity index (χ0) is 20.0. The number of aryl methyl sites for hydroxylation is 3. The van der Waals surface area contributed by atoms with Crippen molar-refractivity contribution in [3.05, 3.63) is 59.3 Å². The second-order valence-corrected chi connectivity index (χ2v) is 7.80. The van der Waals surface area contributed by atoms with E-state index >= 15 is 0 Å². The Hall–Kier alpha value is -2.61. The lowest BCUT2D eigenvalue weighted by molar-refractivity contribution is -0.0500. The van der Waals surface area contributed by atoms with Gasteiger partial charge < -0.3 is 4.18 Å². The summed E-state index contributed by atoms with van der Waals surface area (Å²) in [4.78, 5) is 4.50. The second-order valence-electron chi connectivity index (χ2n) is 6.26. The van der Waals surface area contributed by atoms with Gasteiger partial charge in [-0.25, -0.2) is 0 Å². The predicted molar refractivity (Wildman–Crippen MR) is 97.0 cm³/mol. The van der Waals surface area contributed by atoms with Crippen LogP contribution in [-0.2, 0) is 10.1 Å². The van der Waals surface area contributed by atoms with Crippen LogP contribution in [0.15, 0.2) is 42.5 Å². The Bertz CT molecular complexity index is 1140. The van der Waals surface area contributed by atoms with Crippen molar-refractivity contribution in [1.82, 2.24) is 4.98 Å². The van der Waals surface area contributed by atoms with Gasteiger partial charge in [-0.15, -0.1) is 0 Å². The maximum atomic E-state index is 12.5. The highest BCUT2D eigenvalue weighted by Crippen LogP contribution is 2.31. The number of alkyl halides is 3. The minimum absolute atomic E-state index is 0.426. The molecule has 3 rings (SSSR count). The molecule has 27 heavy (non-hydrogen) atoms. The zero-order valence-corrected chi connectivity index (χ0v) is 15.6. The molecule has 0 aliphatic carbocycles. The van der Waals surface area contributed by atoms with Crippen molar-refractivity contribution in [2.75, 3.05) is 0 Å². The Morgan fingerprint density at radius 2 is 1.63 bits per heavy atom. The number of pyridine rings is 1. The number of nitrogens with zero attached hydrogens (tertiary/aromatic N) is 1. The normalized spacial score (nSPS) is 12.4. The van der Waals surface area contributed by atoms with Gasteiger partial charge in [0.05, 0.1) is 5.69 Å². The van der Waals surface area contributed by atoms with E-state index in [2.05, 4.69) is 9.17 Å². The summed E-state index contributed by atoms with van der Waals surface area (Å²) >= 11 is 0. The van der Waals surface area contributed by atoms with E-state index < -0.39 is 21.4 Å². The zero-order valence-electron chi connectivity index (χ0n) is 14.8. The first-order valence-electron chi connectivity index (χ1n) is 7.98. The van der Waals surface area contributed by atoms with Crippen LogP contribution in [0.4, 0.5) is 13.2 Å². The molecule has 4 nitrogen and oxygen atoms in total. The van der Waals surface area contributed by atoms with E-state index in [0.717, 1.165) is 33.7 Å². The Balaban J connectivity index is 2.06. The van der Waals surface area contributed by atoms with Gasteiger partial charge in [-0.05, 0) is 61.5 Å². The second kappa shape index (κ2) is 6.53. The van der Waals surface area contributed by atoms with E-state index in [1.165, 1.54) is 12.1 Å². The van der Waals surface area contributed by atoms with Crippen molar-refractivity contribution in [1.29, 1.82) is 0 Å². The summed E-state index contributed by atoms with van der Waals surface area (Å²) in [7, 11) is -5.72. The molecule has 3 aromatic rings. The molecule has 1 aromatic heterocycles. The van der Waals surface area contributed by atoms with Crippen molar-refractivity contribution in [3.63, 3.8) is 0 Å². The molecule has 0 saturated carbocycles. The molecule has 142 valence electrons. The highest BCUT2D eigenvalue weighted by molar-refractivity contribution is 7.88. The fraction of sp³-hybridized carbons (Fsp3) is 0.211. The number of benzene rings is 2. The van der Waals surface area contributed by atoms with Crippen LogP contribution in [0.2, 0.25) is 0 Å². The lowest BCUT2D eigenvalue weighted by Gasteiger charge is -2.12. The summed E-state index contributed by atoms with van der Waals surface area (Å²) < 4.78 is 64.2. The quantitative estimate of drug-likeness (QED) is 0.460. The van der Waals surface area contributed by atoms with Gasteiger partial charge in [0.15, 0.2) is 0 Å². The topological polar surface area (TPSA) is 56.3 Å². The molecule has 0 saturated heterocycles.